The molecule has 20 nitrogen and oxygen atoms in total. The van der Waals surface area contributed by atoms with Crippen molar-refractivity contribution in [2.24, 2.45) is 20.0 Å². The first kappa shape index (κ1) is 65.3. The first-order valence-corrected chi connectivity index (χ1v) is 16.8. The number of nitrogens with zero attached hydrogens (tertiary/aromatic N) is 6. The van der Waals surface area contributed by atoms with Crippen molar-refractivity contribution in [3.8, 4) is 0 Å². The van der Waals surface area contributed by atoms with E-state index in [-0.39, 0.29) is 67.0 Å². The molecule has 0 aliphatic carbocycles. The summed E-state index contributed by atoms with van der Waals surface area (Å²) in [5, 5.41) is 103. The fourth-order valence-corrected chi connectivity index (χ4v) is 3.97. The summed E-state index contributed by atoms with van der Waals surface area (Å²) in [6.07, 6.45) is 0. The zero-order valence-electron chi connectivity index (χ0n) is 32.3. The largest absolute Gasteiger partial charge is 3.00 e. The normalized spacial score (nSPS) is 14.2. The molecule has 4 bridgehead atoms. The third-order valence-electron chi connectivity index (χ3n) is 5.59. The molecule has 2 radical (unpaired) electrons. The molecule has 2 aliphatic heterocycles. The summed E-state index contributed by atoms with van der Waals surface area (Å²) in [4.78, 5) is 23.6. The van der Waals surface area contributed by atoms with Gasteiger partial charge in [0.2, 0.25) is 0 Å². The number of fused-ring (bicyclic) bond motifs is 4. The van der Waals surface area contributed by atoms with E-state index < -0.39 is 23.6 Å². The van der Waals surface area contributed by atoms with E-state index in [0.717, 1.165) is 68.8 Å². The smallest absolute Gasteiger partial charge is 0.857 e. The molecule has 4 rings (SSSR count). The minimum Gasteiger partial charge on any atom is -0.857 e. The van der Waals surface area contributed by atoms with Crippen LogP contribution in [0.2, 0.25) is 10.0 Å². The van der Waals surface area contributed by atoms with E-state index in [1.165, 1.54) is 24.3 Å². The Morgan fingerprint density at radius 3 is 0.750 bits per heavy atom. The summed E-state index contributed by atoms with van der Waals surface area (Å²) in [6, 6.07) is 5.60. The number of aliphatic hydroxyl groups is 6. The van der Waals surface area contributed by atoms with Crippen LogP contribution in [-0.2, 0) is 34.1 Å². The van der Waals surface area contributed by atoms with Crippen LogP contribution in [0.1, 0.15) is 22.8 Å². The van der Waals surface area contributed by atoms with Gasteiger partial charge in [0, 0.05) is 129 Å². The number of aliphatic imine (C=N–C) groups is 4. The molecule has 0 fully saturated rings. The van der Waals surface area contributed by atoms with Gasteiger partial charge in [-0.1, -0.05) is 23.2 Å². The van der Waals surface area contributed by atoms with Crippen molar-refractivity contribution in [3.05, 3.63) is 57.1 Å². The molecule has 2 aromatic heterocycles. The van der Waals surface area contributed by atoms with E-state index in [9.17, 15) is 20.4 Å². The number of rotatable bonds is 0. The predicted molar refractivity (Wildman–Crippen MR) is 204 cm³/mol. The van der Waals surface area contributed by atoms with Crippen molar-refractivity contribution in [2.75, 3.05) is 121 Å². The van der Waals surface area contributed by atoms with Crippen LogP contribution in [-0.4, -0.2) is 185 Å². The van der Waals surface area contributed by atoms with E-state index in [2.05, 4.69) is 51.2 Å². The van der Waals surface area contributed by atoms with Gasteiger partial charge >= 0.3 is 34.1 Å². The molecule has 0 saturated carbocycles. The molecule has 56 heavy (non-hydrogen) atoms. The average Bonchev–Trinajstić information content (AvgIpc) is 3.23. The van der Waals surface area contributed by atoms with E-state index in [4.69, 9.17) is 53.8 Å². The number of aromatic nitrogens is 2. The number of halogens is 2. The second kappa shape index (κ2) is 48.5. The second-order valence-electron chi connectivity index (χ2n) is 8.86. The van der Waals surface area contributed by atoms with Gasteiger partial charge in [-0.3, -0.25) is 20.0 Å². The number of hydrogen-bond acceptors (Lipinski definition) is 20. The van der Waals surface area contributed by atoms with Crippen LogP contribution in [0, 0.1) is 0 Å². The molecule has 0 aromatic carbocycles. The third-order valence-corrected chi connectivity index (χ3v) is 6.03. The Balaban J connectivity index is -0.000000171. The maximum atomic E-state index is 11.9. The maximum absolute atomic E-state index is 11.9. The van der Waals surface area contributed by atoms with Crippen molar-refractivity contribution in [2.45, 2.75) is 0 Å². The van der Waals surface area contributed by atoms with E-state index in [0.29, 0.717) is 52.4 Å². The molecule has 0 saturated heterocycles. The first-order valence-electron chi connectivity index (χ1n) is 16.1. The van der Waals surface area contributed by atoms with E-state index >= 15 is 0 Å². The van der Waals surface area contributed by atoms with Crippen molar-refractivity contribution in [1.82, 2.24) is 31.2 Å². The predicted octanol–water partition coefficient (Wildman–Crippen LogP) is -6.07. The summed E-state index contributed by atoms with van der Waals surface area (Å²) >= 11 is 11.8. The van der Waals surface area contributed by atoms with Crippen LogP contribution >= 0.6 is 23.2 Å². The van der Waals surface area contributed by atoms with Gasteiger partial charge in [-0.15, -0.1) is 0 Å². The van der Waals surface area contributed by atoms with Crippen LogP contribution in [0.25, 0.3) is 0 Å². The molecule has 2 aromatic rings. The van der Waals surface area contributed by atoms with Crippen LogP contribution in [0.3, 0.4) is 0 Å². The Morgan fingerprint density at radius 1 is 0.393 bits per heavy atom. The molecule has 0 unspecified atom stereocenters. The summed E-state index contributed by atoms with van der Waals surface area (Å²) in [7, 11) is 6.00. The Kier molecular flexibility index (Phi) is 56.6. The summed E-state index contributed by atoms with van der Waals surface area (Å²) in [6.45, 7) is 6.83. The minimum absolute atomic E-state index is 0. The summed E-state index contributed by atoms with van der Waals surface area (Å²) in [5.74, 6) is -1.94. The molecule has 0 atom stereocenters. The molecular formula is C32H56Cl2Fe2N10O10+2. The van der Waals surface area contributed by atoms with Crippen molar-refractivity contribution >= 4 is 46.8 Å². The van der Waals surface area contributed by atoms with Crippen LogP contribution in [0.5, 0.6) is 0 Å². The van der Waals surface area contributed by atoms with Crippen LogP contribution in [0.15, 0.2) is 44.2 Å². The molecule has 10 N–H and O–H groups in total. The van der Waals surface area contributed by atoms with Crippen LogP contribution < -0.4 is 41.7 Å². The standard InChI is InChI=1S/2C13H18ClN5O2.6CH4O.2Fe/c2*14-9-7-10-12(20)17-5-3-15-1-2-16-4-6-18-13(21)11(8-9)19-10;6*1-2;;/h2*7-8,15-16H,1-6H2,(H,17,20)(H,18,21);6*2H,1H3;;/q;;;;;;;;2*+3/p-4. The van der Waals surface area contributed by atoms with Crippen molar-refractivity contribution in [1.29, 1.82) is 0 Å². The first-order chi connectivity index (χ1) is 26.3. The molecule has 0 spiro atoms. The SMILES string of the molecule is CO.CO.CO.CO.CO.CO.[Fe+3].[Fe+3].[O-]C1=NCCNCCNCCN=C([O-])c2cc(Cl)cc1n2.[O-]C1=NCCNCCNCCN=C([O-])c2cc(Cl)cc1n2. The molecule has 2 aliphatic rings. The third kappa shape index (κ3) is 32.5. The quantitative estimate of drug-likeness (QED) is 0.110. The second-order valence-corrected chi connectivity index (χ2v) is 9.73. The number of pyridine rings is 2. The average molecular weight is 923 g/mol. The number of aliphatic hydroxyl groups excluding tert-OH is 6. The van der Waals surface area contributed by atoms with Crippen molar-refractivity contribution in [3.63, 3.8) is 0 Å². The van der Waals surface area contributed by atoms with Gasteiger partial charge < -0.3 is 72.3 Å². The molecule has 4 heterocycles. The van der Waals surface area contributed by atoms with Gasteiger partial charge in [0.1, 0.15) is 0 Å². The Bertz CT molecular complexity index is 1140. The van der Waals surface area contributed by atoms with Gasteiger partial charge in [-0.25, -0.2) is 9.97 Å². The zero-order valence-corrected chi connectivity index (χ0v) is 36.0. The number of hydrogen-bond donors (Lipinski definition) is 10. The van der Waals surface area contributed by atoms with Gasteiger partial charge in [-0.2, -0.15) is 0 Å². The molecule has 0 amide bonds. The Labute approximate surface area is 360 Å². The summed E-state index contributed by atoms with van der Waals surface area (Å²) in [5.41, 5.74) is 0.256. The van der Waals surface area contributed by atoms with Crippen molar-refractivity contribution < 1.29 is 85.2 Å². The van der Waals surface area contributed by atoms with E-state index in [1.807, 2.05) is 0 Å². The fourth-order valence-electron chi connectivity index (χ4n) is 3.56. The molecule has 24 heteroatoms. The summed E-state index contributed by atoms with van der Waals surface area (Å²) < 4.78 is 0. The topological polar surface area (TPSA) is 337 Å². The minimum atomic E-state index is -0.485. The number of nitrogens with one attached hydrogen (secondary N) is 4. The molecule has 322 valence electrons. The maximum Gasteiger partial charge on any atom is 3.00 e. The molecular weight excluding hydrogens is 867 g/mol. The monoisotopic (exact) mass is 922 g/mol. The fraction of sp³-hybridized carbons (Fsp3) is 0.562. The van der Waals surface area contributed by atoms with Gasteiger partial charge in [0.25, 0.3) is 0 Å². The van der Waals surface area contributed by atoms with E-state index in [1.54, 1.807) is 0 Å². The Morgan fingerprint density at radius 2 is 0.571 bits per heavy atom. The zero-order chi connectivity index (χ0) is 42.2. The van der Waals surface area contributed by atoms with Gasteiger partial charge in [0.15, 0.2) is 0 Å². The van der Waals surface area contributed by atoms with Crippen LogP contribution in [0.4, 0.5) is 0 Å². The van der Waals surface area contributed by atoms with Gasteiger partial charge in [-0.05, 0) is 24.3 Å². The van der Waals surface area contributed by atoms with Gasteiger partial charge in [0.05, 0.1) is 49.0 Å². The Hall–Kier alpha value is -2.60.